The van der Waals surface area contributed by atoms with Gasteiger partial charge in [0.25, 0.3) is 0 Å². The van der Waals surface area contributed by atoms with Gasteiger partial charge in [-0.3, -0.25) is 4.79 Å². The molecule has 0 aromatic heterocycles. The Kier molecular flexibility index (Phi) is 4.72. The summed E-state index contributed by atoms with van der Waals surface area (Å²) in [4.78, 5) is 13.5. The Morgan fingerprint density at radius 1 is 0.900 bits per heavy atom. The maximum absolute atomic E-state index is 13.5. The molecule has 3 aromatic rings. The molecule has 150 valence electrons. The lowest BCUT2D eigenvalue weighted by Crippen LogP contribution is -2.27. The lowest BCUT2D eigenvalue weighted by atomic mass is 9.78. The topological polar surface area (TPSA) is 61.4 Å². The van der Waals surface area contributed by atoms with Gasteiger partial charge in [-0.25, -0.2) is 0 Å². The van der Waals surface area contributed by atoms with Crippen LogP contribution in [0.2, 0.25) is 5.02 Å². The van der Waals surface area contributed by atoms with Crippen LogP contribution >= 0.6 is 11.6 Å². The van der Waals surface area contributed by atoms with Gasteiger partial charge in [-0.15, -0.1) is 0 Å². The molecule has 30 heavy (non-hydrogen) atoms. The third kappa shape index (κ3) is 3.33. The number of hydrogen-bond acceptors (Lipinski definition) is 4. The largest absolute Gasteiger partial charge is 0.508 e. The van der Waals surface area contributed by atoms with Crippen molar-refractivity contribution < 1.29 is 9.90 Å². The Morgan fingerprint density at radius 3 is 2.47 bits per heavy atom. The van der Waals surface area contributed by atoms with Crippen LogP contribution in [0.5, 0.6) is 5.75 Å². The van der Waals surface area contributed by atoms with Crippen LogP contribution < -0.4 is 10.6 Å². The van der Waals surface area contributed by atoms with E-state index in [0.717, 1.165) is 33.8 Å². The normalized spacial score (nSPS) is 20.5. The standard InChI is InChI=1S/C25H21ClN2O2/c26-19-9-2-1-8-18(19)16-13-22-24(23(30)14-16)25(15-6-5-7-17(29)12-15)28-21-11-4-3-10-20(21)27-22/h1-12,16,25,27-29H,13-14H2/t16-,25+/m0/s1. The molecule has 0 bridgehead atoms. The number of fused-ring (bicyclic) bond motifs is 1. The fourth-order valence-corrected chi connectivity index (χ4v) is 4.76. The third-order valence-corrected chi connectivity index (χ3v) is 6.20. The van der Waals surface area contributed by atoms with Crippen LogP contribution in [0.1, 0.15) is 35.9 Å². The first-order chi connectivity index (χ1) is 14.6. The van der Waals surface area contributed by atoms with E-state index in [4.69, 9.17) is 11.6 Å². The summed E-state index contributed by atoms with van der Waals surface area (Å²) < 4.78 is 0. The Labute approximate surface area is 180 Å². The number of para-hydroxylation sites is 2. The first kappa shape index (κ1) is 18.8. The van der Waals surface area contributed by atoms with Crippen molar-refractivity contribution in [1.82, 2.24) is 0 Å². The summed E-state index contributed by atoms with van der Waals surface area (Å²) >= 11 is 6.45. The van der Waals surface area contributed by atoms with Crippen LogP contribution in [0.4, 0.5) is 11.4 Å². The molecule has 3 N–H and O–H groups in total. The Bertz CT molecular complexity index is 1170. The fraction of sp³-hybridized carbons (Fsp3) is 0.160. The number of nitrogens with one attached hydrogen (secondary N) is 2. The number of carbonyl (C=O) groups is 1. The Hall–Kier alpha value is -3.24. The minimum Gasteiger partial charge on any atom is -0.508 e. The smallest absolute Gasteiger partial charge is 0.163 e. The van der Waals surface area contributed by atoms with E-state index in [9.17, 15) is 9.90 Å². The summed E-state index contributed by atoms with van der Waals surface area (Å²) in [5.74, 6) is 0.286. The van der Waals surface area contributed by atoms with E-state index >= 15 is 0 Å². The summed E-state index contributed by atoms with van der Waals surface area (Å²) in [7, 11) is 0. The molecule has 1 aliphatic carbocycles. The molecule has 4 nitrogen and oxygen atoms in total. The summed E-state index contributed by atoms with van der Waals surface area (Å²) in [5, 5.41) is 17.8. The second kappa shape index (κ2) is 7.54. The highest BCUT2D eigenvalue weighted by atomic mass is 35.5. The highest BCUT2D eigenvalue weighted by Crippen LogP contribution is 2.45. The monoisotopic (exact) mass is 416 g/mol. The molecular weight excluding hydrogens is 396 g/mol. The predicted molar refractivity (Wildman–Crippen MR) is 120 cm³/mol. The molecule has 1 aliphatic heterocycles. The minimum absolute atomic E-state index is 0.0209. The van der Waals surface area contributed by atoms with E-state index in [2.05, 4.69) is 10.6 Å². The first-order valence-corrected chi connectivity index (χ1v) is 10.4. The number of hydrogen-bond donors (Lipinski definition) is 3. The van der Waals surface area contributed by atoms with Crippen LogP contribution in [-0.2, 0) is 4.79 Å². The van der Waals surface area contributed by atoms with Gasteiger partial charge in [0.2, 0.25) is 0 Å². The van der Waals surface area contributed by atoms with Crippen LogP contribution in [0.25, 0.3) is 0 Å². The molecule has 1 heterocycles. The van der Waals surface area contributed by atoms with Crippen molar-refractivity contribution in [2.45, 2.75) is 24.8 Å². The highest BCUT2D eigenvalue weighted by molar-refractivity contribution is 6.31. The minimum atomic E-state index is -0.344. The maximum atomic E-state index is 13.5. The molecule has 2 aliphatic rings. The zero-order chi connectivity index (χ0) is 20.7. The zero-order valence-corrected chi connectivity index (χ0v) is 17.0. The summed E-state index contributed by atoms with van der Waals surface area (Å²) in [6.45, 7) is 0. The summed E-state index contributed by atoms with van der Waals surface area (Å²) in [5.41, 5.74) is 5.33. The van der Waals surface area contributed by atoms with Gasteiger partial charge in [-0.2, -0.15) is 0 Å². The molecule has 3 aromatic carbocycles. The third-order valence-electron chi connectivity index (χ3n) is 5.86. The molecular formula is C25H21ClN2O2. The maximum Gasteiger partial charge on any atom is 0.163 e. The lowest BCUT2D eigenvalue weighted by Gasteiger charge is -2.30. The number of aromatic hydroxyl groups is 1. The van der Waals surface area contributed by atoms with Gasteiger partial charge >= 0.3 is 0 Å². The van der Waals surface area contributed by atoms with E-state index in [1.54, 1.807) is 18.2 Å². The molecule has 0 saturated heterocycles. The van der Waals surface area contributed by atoms with Gasteiger partial charge in [-0.1, -0.05) is 54.1 Å². The number of benzene rings is 3. The Morgan fingerprint density at radius 2 is 1.67 bits per heavy atom. The first-order valence-electron chi connectivity index (χ1n) is 10.0. The Balaban J connectivity index is 1.63. The van der Waals surface area contributed by atoms with Crippen LogP contribution in [0.3, 0.4) is 0 Å². The van der Waals surface area contributed by atoms with E-state index in [0.29, 0.717) is 17.9 Å². The number of halogens is 1. The second-order valence-electron chi connectivity index (χ2n) is 7.79. The van der Waals surface area contributed by atoms with Crippen molar-refractivity contribution in [1.29, 1.82) is 0 Å². The average Bonchev–Trinajstić information content (AvgIpc) is 2.91. The number of Topliss-reactive ketones (excluding diaryl/α,β-unsaturated/α-hetero) is 1. The van der Waals surface area contributed by atoms with Gasteiger partial charge in [0.1, 0.15) is 5.75 Å². The summed E-state index contributed by atoms with van der Waals surface area (Å²) in [6, 6.07) is 22.4. The average molecular weight is 417 g/mol. The number of carbonyl (C=O) groups excluding carboxylic acids is 1. The number of anilines is 2. The van der Waals surface area contributed by atoms with Crippen molar-refractivity contribution in [2.75, 3.05) is 10.6 Å². The SMILES string of the molecule is O=C1C[C@@H](c2ccccc2Cl)CC2=C1[C@@H](c1cccc(O)c1)Nc1ccccc1N2. The number of rotatable bonds is 2. The second-order valence-corrected chi connectivity index (χ2v) is 8.19. The molecule has 5 heteroatoms. The van der Waals surface area contributed by atoms with E-state index in [-0.39, 0.29) is 23.5 Å². The van der Waals surface area contributed by atoms with Crippen LogP contribution in [0, 0.1) is 0 Å². The molecule has 0 spiro atoms. The van der Waals surface area contributed by atoms with Crippen LogP contribution in [0.15, 0.2) is 84.1 Å². The molecule has 0 amide bonds. The molecule has 2 atom stereocenters. The van der Waals surface area contributed by atoms with Crippen molar-refractivity contribution in [3.05, 3.63) is 100 Å². The quantitative estimate of drug-likeness (QED) is 0.477. The number of allylic oxidation sites excluding steroid dienone is 1. The number of phenols is 1. The van der Waals surface area contributed by atoms with Gasteiger partial charge in [0.15, 0.2) is 5.78 Å². The molecule has 0 fully saturated rings. The molecule has 0 saturated carbocycles. The molecule has 0 unspecified atom stereocenters. The van der Waals surface area contributed by atoms with Crippen molar-refractivity contribution in [2.24, 2.45) is 0 Å². The highest BCUT2D eigenvalue weighted by Gasteiger charge is 2.36. The zero-order valence-electron chi connectivity index (χ0n) is 16.2. The van der Waals surface area contributed by atoms with Gasteiger partial charge in [-0.05, 0) is 53.8 Å². The van der Waals surface area contributed by atoms with E-state index < -0.39 is 0 Å². The predicted octanol–water partition coefficient (Wildman–Crippen LogP) is 6.03. The molecule has 0 radical (unpaired) electrons. The van der Waals surface area contributed by atoms with Crippen molar-refractivity contribution >= 4 is 28.8 Å². The summed E-state index contributed by atoms with van der Waals surface area (Å²) in [6.07, 6.45) is 1.09. The van der Waals surface area contributed by atoms with E-state index in [1.807, 2.05) is 54.6 Å². The van der Waals surface area contributed by atoms with Gasteiger partial charge in [0.05, 0.1) is 17.4 Å². The van der Waals surface area contributed by atoms with Crippen molar-refractivity contribution in [3.63, 3.8) is 0 Å². The fourth-order valence-electron chi connectivity index (χ4n) is 4.47. The van der Waals surface area contributed by atoms with Gasteiger partial charge in [0, 0.05) is 22.7 Å². The van der Waals surface area contributed by atoms with E-state index in [1.165, 1.54) is 0 Å². The molecule has 5 rings (SSSR count). The lowest BCUT2D eigenvalue weighted by molar-refractivity contribution is -0.116. The van der Waals surface area contributed by atoms with Gasteiger partial charge < -0.3 is 15.7 Å². The van der Waals surface area contributed by atoms with Crippen molar-refractivity contribution in [3.8, 4) is 5.75 Å². The number of ketones is 1. The number of phenolic OH excluding ortho intramolecular Hbond substituents is 1. The van der Waals surface area contributed by atoms with Crippen LogP contribution in [-0.4, -0.2) is 10.9 Å².